The van der Waals surface area contributed by atoms with E-state index in [0.29, 0.717) is 17.9 Å². The Kier molecular flexibility index (Phi) is 4.31. The third-order valence-electron chi connectivity index (χ3n) is 3.39. The molecule has 0 saturated carbocycles. The van der Waals surface area contributed by atoms with Gasteiger partial charge in [-0.2, -0.15) is 5.26 Å². The fraction of sp³-hybridized carbons (Fsp3) is 0.176. The summed E-state index contributed by atoms with van der Waals surface area (Å²) in [5.74, 6) is 1.22. The van der Waals surface area contributed by atoms with Crippen molar-refractivity contribution in [1.82, 2.24) is 0 Å². The van der Waals surface area contributed by atoms with Crippen LogP contribution in [0.4, 0.5) is 5.69 Å². The second kappa shape index (κ2) is 6.54. The number of carbonyl (C=O) groups is 1. The van der Waals surface area contributed by atoms with Crippen LogP contribution in [0.5, 0.6) is 5.75 Å². The molecule has 1 aliphatic rings. The molecule has 0 aromatic heterocycles. The molecule has 5 heteroatoms. The fourth-order valence-corrected chi connectivity index (χ4v) is 3.33. The zero-order chi connectivity index (χ0) is 15.4. The number of nitriles is 1. The molecule has 4 nitrogen and oxygen atoms in total. The summed E-state index contributed by atoms with van der Waals surface area (Å²) in [7, 11) is 0. The van der Waals surface area contributed by atoms with Crippen molar-refractivity contribution < 1.29 is 9.53 Å². The third-order valence-corrected chi connectivity index (χ3v) is 4.43. The fourth-order valence-electron chi connectivity index (χ4n) is 2.33. The highest BCUT2D eigenvalue weighted by molar-refractivity contribution is 7.99. The van der Waals surface area contributed by atoms with E-state index in [1.54, 1.807) is 40.9 Å². The number of rotatable bonds is 3. The van der Waals surface area contributed by atoms with Crippen molar-refractivity contribution in [3.8, 4) is 11.8 Å². The molecular weight excluding hydrogens is 296 g/mol. The minimum atomic E-state index is -0.0968. The molecule has 0 saturated heterocycles. The smallest absolute Gasteiger partial charge is 0.264 e. The Hall–Kier alpha value is -2.45. The van der Waals surface area contributed by atoms with Crippen molar-refractivity contribution >= 4 is 23.4 Å². The van der Waals surface area contributed by atoms with Gasteiger partial charge < -0.3 is 9.64 Å². The van der Waals surface area contributed by atoms with Crippen molar-refractivity contribution in [2.45, 2.75) is 4.90 Å². The van der Waals surface area contributed by atoms with E-state index in [2.05, 4.69) is 6.07 Å². The third kappa shape index (κ3) is 2.92. The second-order valence-electron chi connectivity index (χ2n) is 4.76. The highest BCUT2D eigenvalue weighted by Crippen LogP contribution is 2.34. The first-order valence-electron chi connectivity index (χ1n) is 6.94. The zero-order valence-corrected chi connectivity index (χ0v) is 12.7. The van der Waals surface area contributed by atoms with Gasteiger partial charge in [0.15, 0.2) is 6.61 Å². The van der Waals surface area contributed by atoms with Crippen LogP contribution in [0.1, 0.15) is 5.56 Å². The first kappa shape index (κ1) is 14.5. The molecule has 2 aromatic carbocycles. The monoisotopic (exact) mass is 310 g/mol. The maximum atomic E-state index is 12.4. The SMILES string of the molecule is N#Cc1ccccc1OCC(=O)N1CCSc2ccccc21. The number of para-hydroxylation sites is 2. The van der Waals surface area contributed by atoms with Gasteiger partial charge in [-0.25, -0.2) is 0 Å². The summed E-state index contributed by atoms with van der Waals surface area (Å²) in [6.07, 6.45) is 0. The zero-order valence-electron chi connectivity index (χ0n) is 11.9. The summed E-state index contributed by atoms with van der Waals surface area (Å²) < 4.78 is 5.54. The molecule has 0 radical (unpaired) electrons. The number of fused-ring (bicyclic) bond motifs is 1. The molecular formula is C17H14N2O2S. The molecule has 0 bridgehead atoms. The Labute approximate surface area is 133 Å². The molecule has 3 rings (SSSR count). The van der Waals surface area contributed by atoms with Crippen molar-refractivity contribution in [3.63, 3.8) is 0 Å². The lowest BCUT2D eigenvalue weighted by molar-refractivity contribution is -0.120. The number of thioether (sulfide) groups is 1. The standard InChI is InChI=1S/C17H14N2O2S/c18-11-13-5-1-3-7-15(13)21-12-17(20)19-9-10-22-16-8-4-2-6-14(16)19/h1-8H,9-10,12H2. The maximum Gasteiger partial charge on any atom is 0.264 e. The minimum Gasteiger partial charge on any atom is -0.482 e. The Morgan fingerprint density at radius 2 is 2.00 bits per heavy atom. The van der Waals surface area contributed by atoms with Crippen molar-refractivity contribution in [3.05, 3.63) is 54.1 Å². The van der Waals surface area contributed by atoms with Crippen molar-refractivity contribution in [2.75, 3.05) is 23.8 Å². The van der Waals surface area contributed by atoms with Crippen LogP contribution in [0.15, 0.2) is 53.4 Å². The quantitative estimate of drug-likeness (QED) is 0.874. The number of amides is 1. The molecule has 2 aromatic rings. The Balaban J connectivity index is 1.72. The van der Waals surface area contributed by atoms with Crippen LogP contribution in [0.25, 0.3) is 0 Å². The lowest BCUT2D eigenvalue weighted by Crippen LogP contribution is -2.38. The first-order chi connectivity index (χ1) is 10.8. The molecule has 0 aliphatic carbocycles. The van der Waals surface area contributed by atoms with E-state index >= 15 is 0 Å². The van der Waals surface area contributed by atoms with Gasteiger partial charge in [0, 0.05) is 17.2 Å². The Bertz CT molecular complexity index is 739. The van der Waals surface area contributed by atoms with E-state index in [1.807, 2.05) is 24.3 Å². The largest absolute Gasteiger partial charge is 0.482 e. The summed E-state index contributed by atoms with van der Waals surface area (Å²) in [5, 5.41) is 9.03. The molecule has 1 heterocycles. The summed E-state index contributed by atoms with van der Waals surface area (Å²) >= 11 is 1.75. The van der Waals surface area contributed by atoms with Crippen LogP contribution >= 0.6 is 11.8 Å². The van der Waals surface area contributed by atoms with Gasteiger partial charge in [0.1, 0.15) is 11.8 Å². The van der Waals surface area contributed by atoms with Crippen LogP contribution in [0.3, 0.4) is 0 Å². The van der Waals surface area contributed by atoms with Crippen LogP contribution in [0.2, 0.25) is 0 Å². The average molecular weight is 310 g/mol. The van der Waals surface area contributed by atoms with Gasteiger partial charge >= 0.3 is 0 Å². The number of hydrogen-bond donors (Lipinski definition) is 0. The highest BCUT2D eigenvalue weighted by Gasteiger charge is 2.23. The van der Waals surface area contributed by atoms with Gasteiger partial charge in [-0.05, 0) is 24.3 Å². The van der Waals surface area contributed by atoms with Gasteiger partial charge in [0.05, 0.1) is 11.3 Å². The van der Waals surface area contributed by atoms with Crippen molar-refractivity contribution in [2.24, 2.45) is 0 Å². The van der Waals surface area contributed by atoms with E-state index < -0.39 is 0 Å². The molecule has 22 heavy (non-hydrogen) atoms. The molecule has 0 fully saturated rings. The van der Waals surface area contributed by atoms with Crippen LogP contribution in [-0.2, 0) is 4.79 Å². The summed E-state index contributed by atoms with van der Waals surface area (Å²) in [6, 6.07) is 16.9. The number of carbonyl (C=O) groups excluding carboxylic acids is 1. The lowest BCUT2D eigenvalue weighted by atomic mass is 10.2. The maximum absolute atomic E-state index is 12.4. The lowest BCUT2D eigenvalue weighted by Gasteiger charge is -2.28. The van der Waals surface area contributed by atoms with E-state index in [9.17, 15) is 4.79 Å². The first-order valence-corrected chi connectivity index (χ1v) is 7.92. The summed E-state index contributed by atoms with van der Waals surface area (Å²) in [4.78, 5) is 15.3. The van der Waals surface area contributed by atoms with Gasteiger partial charge in [0.2, 0.25) is 0 Å². The van der Waals surface area contributed by atoms with Crippen LogP contribution in [-0.4, -0.2) is 24.8 Å². The number of benzene rings is 2. The molecule has 110 valence electrons. The number of anilines is 1. The summed E-state index contributed by atoms with van der Waals surface area (Å²) in [6.45, 7) is 0.599. The average Bonchev–Trinajstić information content (AvgIpc) is 2.59. The molecule has 0 unspecified atom stereocenters. The molecule has 0 N–H and O–H groups in total. The van der Waals surface area contributed by atoms with Gasteiger partial charge in [-0.1, -0.05) is 24.3 Å². The Morgan fingerprint density at radius 3 is 2.86 bits per heavy atom. The normalized spacial score (nSPS) is 13.1. The molecule has 0 spiro atoms. The predicted octanol–water partition coefficient (Wildman–Crippen LogP) is 3.08. The second-order valence-corrected chi connectivity index (χ2v) is 5.89. The van der Waals surface area contributed by atoms with Crippen LogP contribution in [0, 0.1) is 11.3 Å². The van der Waals surface area contributed by atoms with Gasteiger partial charge in [-0.15, -0.1) is 11.8 Å². The highest BCUT2D eigenvalue weighted by atomic mass is 32.2. The van der Waals surface area contributed by atoms with E-state index in [1.165, 1.54) is 0 Å². The number of ether oxygens (including phenoxy) is 1. The van der Waals surface area contributed by atoms with E-state index in [-0.39, 0.29) is 12.5 Å². The number of nitrogens with zero attached hydrogens (tertiary/aromatic N) is 2. The topological polar surface area (TPSA) is 53.3 Å². The predicted molar refractivity (Wildman–Crippen MR) is 86.2 cm³/mol. The summed E-state index contributed by atoms with van der Waals surface area (Å²) in [5.41, 5.74) is 1.37. The van der Waals surface area contributed by atoms with Crippen LogP contribution < -0.4 is 9.64 Å². The van der Waals surface area contributed by atoms with Gasteiger partial charge in [-0.3, -0.25) is 4.79 Å². The molecule has 1 amide bonds. The molecule has 1 aliphatic heterocycles. The number of hydrogen-bond acceptors (Lipinski definition) is 4. The molecule has 0 atom stereocenters. The van der Waals surface area contributed by atoms with Crippen molar-refractivity contribution in [1.29, 1.82) is 5.26 Å². The van der Waals surface area contributed by atoms with Gasteiger partial charge in [0.25, 0.3) is 5.91 Å². The van der Waals surface area contributed by atoms with E-state index in [0.717, 1.165) is 16.3 Å². The Morgan fingerprint density at radius 1 is 1.23 bits per heavy atom. The minimum absolute atomic E-state index is 0.0717. The van der Waals surface area contributed by atoms with E-state index in [4.69, 9.17) is 10.00 Å².